The van der Waals surface area contributed by atoms with Gasteiger partial charge < -0.3 is 4.90 Å². The molecule has 1 aromatic carbocycles. The van der Waals surface area contributed by atoms with Crippen LogP contribution in [0.4, 0.5) is 0 Å². The van der Waals surface area contributed by atoms with Crippen molar-refractivity contribution in [3.05, 3.63) is 33.8 Å². The topological polar surface area (TPSA) is 3.24 Å². The summed E-state index contributed by atoms with van der Waals surface area (Å²) < 4.78 is 0. The van der Waals surface area contributed by atoms with Crippen molar-refractivity contribution in [2.24, 2.45) is 5.41 Å². The minimum absolute atomic E-state index is 0.196. The van der Waals surface area contributed by atoms with Crippen LogP contribution >= 0.6 is 23.2 Å². The Morgan fingerprint density at radius 2 is 1.71 bits per heavy atom. The van der Waals surface area contributed by atoms with Gasteiger partial charge in [0, 0.05) is 12.5 Å². The van der Waals surface area contributed by atoms with Crippen molar-refractivity contribution in [2.45, 2.75) is 26.7 Å². The van der Waals surface area contributed by atoms with Crippen molar-refractivity contribution in [1.82, 2.24) is 4.90 Å². The largest absolute Gasteiger partial charge is 0.309 e. The highest BCUT2D eigenvalue weighted by atomic mass is 35.5. The predicted octanol–water partition coefficient (Wildman–Crippen LogP) is 4.68. The van der Waals surface area contributed by atoms with Crippen molar-refractivity contribution in [3.63, 3.8) is 0 Å². The van der Waals surface area contributed by atoms with Gasteiger partial charge in [-0.1, -0.05) is 50.0 Å². The minimum atomic E-state index is 0.196. The van der Waals surface area contributed by atoms with Crippen LogP contribution in [0.15, 0.2) is 18.2 Å². The number of hydrogen-bond acceptors (Lipinski definition) is 1. The molecule has 1 unspecified atom stereocenters. The first kappa shape index (κ1) is 14.8. The van der Waals surface area contributed by atoms with E-state index in [1.807, 2.05) is 12.1 Å². The third-order valence-corrected chi connectivity index (χ3v) is 3.68. The number of hydrogen-bond donors (Lipinski definition) is 0. The molecule has 0 saturated carbocycles. The zero-order valence-electron chi connectivity index (χ0n) is 11.2. The SMILES string of the molecule is CN(C)CC(c1ccc(Cl)c(Cl)c1)C(C)(C)C. The third-order valence-electron chi connectivity index (χ3n) is 2.94. The summed E-state index contributed by atoms with van der Waals surface area (Å²) in [4.78, 5) is 2.21. The Hall–Kier alpha value is -0.240. The van der Waals surface area contributed by atoms with Gasteiger partial charge in [0.15, 0.2) is 0 Å². The average molecular weight is 274 g/mol. The summed E-state index contributed by atoms with van der Waals surface area (Å²) in [6.45, 7) is 7.76. The quantitative estimate of drug-likeness (QED) is 0.773. The van der Waals surface area contributed by atoms with E-state index in [9.17, 15) is 0 Å². The molecule has 0 aromatic heterocycles. The lowest BCUT2D eigenvalue weighted by Crippen LogP contribution is -2.29. The van der Waals surface area contributed by atoms with E-state index in [0.717, 1.165) is 6.54 Å². The van der Waals surface area contributed by atoms with Gasteiger partial charge >= 0.3 is 0 Å². The monoisotopic (exact) mass is 273 g/mol. The van der Waals surface area contributed by atoms with Gasteiger partial charge in [-0.25, -0.2) is 0 Å². The molecule has 0 aliphatic carbocycles. The molecule has 0 heterocycles. The summed E-state index contributed by atoms with van der Waals surface area (Å²) in [5.74, 6) is 0.437. The second-order valence-electron chi connectivity index (χ2n) is 5.85. The molecule has 0 saturated heterocycles. The second-order valence-corrected chi connectivity index (χ2v) is 6.67. The second kappa shape index (κ2) is 5.60. The molecule has 1 aromatic rings. The van der Waals surface area contributed by atoms with Gasteiger partial charge in [-0.3, -0.25) is 0 Å². The van der Waals surface area contributed by atoms with Crippen molar-refractivity contribution >= 4 is 23.2 Å². The molecule has 0 N–H and O–H groups in total. The highest BCUT2D eigenvalue weighted by Gasteiger charge is 2.27. The van der Waals surface area contributed by atoms with Crippen molar-refractivity contribution in [1.29, 1.82) is 0 Å². The minimum Gasteiger partial charge on any atom is -0.309 e. The fourth-order valence-corrected chi connectivity index (χ4v) is 2.28. The Bertz CT molecular complexity index is 380. The molecule has 0 amide bonds. The Morgan fingerprint density at radius 1 is 1.12 bits per heavy atom. The lowest BCUT2D eigenvalue weighted by molar-refractivity contribution is 0.250. The molecule has 0 radical (unpaired) electrons. The molecule has 0 aliphatic rings. The Morgan fingerprint density at radius 3 is 2.12 bits per heavy atom. The van der Waals surface area contributed by atoms with Gasteiger partial charge in [-0.05, 0) is 37.2 Å². The van der Waals surface area contributed by atoms with E-state index in [1.165, 1.54) is 5.56 Å². The molecule has 17 heavy (non-hydrogen) atoms. The van der Waals surface area contributed by atoms with Crippen LogP contribution in [0.25, 0.3) is 0 Å². The maximum atomic E-state index is 6.10. The van der Waals surface area contributed by atoms with Gasteiger partial charge in [0.1, 0.15) is 0 Å². The first-order chi connectivity index (χ1) is 7.71. The molecule has 0 bridgehead atoms. The van der Waals surface area contributed by atoms with Gasteiger partial charge in [0.25, 0.3) is 0 Å². The molecule has 3 heteroatoms. The number of nitrogens with zero attached hydrogens (tertiary/aromatic N) is 1. The number of rotatable bonds is 3. The highest BCUT2D eigenvalue weighted by Crippen LogP contribution is 2.37. The maximum absolute atomic E-state index is 6.10. The Balaban J connectivity index is 3.09. The summed E-state index contributed by atoms with van der Waals surface area (Å²) in [5, 5.41) is 1.25. The molecule has 1 rings (SSSR count). The Labute approximate surface area is 115 Å². The summed E-state index contributed by atoms with van der Waals surface area (Å²) in [6.07, 6.45) is 0. The molecule has 0 aliphatic heterocycles. The number of benzene rings is 1. The van der Waals surface area contributed by atoms with E-state index in [2.05, 4.69) is 45.8 Å². The lowest BCUT2D eigenvalue weighted by Gasteiger charge is -2.33. The van der Waals surface area contributed by atoms with E-state index in [4.69, 9.17) is 23.2 Å². The molecule has 1 atom stereocenters. The summed E-state index contributed by atoms with van der Waals surface area (Å²) in [6, 6.07) is 5.95. The molecule has 1 nitrogen and oxygen atoms in total. The number of likely N-dealkylation sites (N-methyl/N-ethyl adjacent to an activating group) is 1. The molecule has 96 valence electrons. The van der Waals surface area contributed by atoms with Crippen molar-refractivity contribution < 1.29 is 0 Å². The van der Waals surface area contributed by atoms with Crippen LogP contribution in [0.5, 0.6) is 0 Å². The zero-order valence-corrected chi connectivity index (χ0v) is 12.7. The fraction of sp³-hybridized carbons (Fsp3) is 0.571. The van der Waals surface area contributed by atoms with Crippen molar-refractivity contribution in [2.75, 3.05) is 20.6 Å². The van der Waals surface area contributed by atoms with Gasteiger partial charge in [0.05, 0.1) is 10.0 Å². The standard InChI is InChI=1S/C14H21Cl2N/c1-14(2,3)11(9-17(4)5)10-6-7-12(15)13(16)8-10/h6-8,11H,9H2,1-5H3. The van der Waals surface area contributed by atoms with Crippen LogP contribution in [0.1, 0.15) is 32.3 Å². The number of halogens is 2. The zero-order chi connectivity index (χ0) is 13.2. The van der Waals surface area contributed by atoms with Crippen LogP contribution in [-0.4, -0.2) is 25.5 Å². The normalized spacial score (nSPS) is 14.1. The highest BCUT2D eigenvalue weighted by molar-refractivity contribution is 6.42. The molecular formula is C14H21Cl2N. The molecule has 0 spiro atoms. The van der Waals surface area contributed by atoms with E-state index in [1.54, 1.807) is 0 Å². The first-order valence-electron chi connectivity index (χ1n) is 5.81. The average Bonchev–Trinajstić information content (AvgIpc) is 2.17. The van der Waals surface area contributed by atoms with Gasteiger partial charge in [-0.2, -0.15) is 0 Å². The molecule has 0 fully saturated rings. The smallest absolute Gasteiger partial charge is 0.0595 e. The fourth-order valence-electron chi connectivity index (χ4n) is 1.97. The van der Waals surface area contributed by atoms with Gasteiger partial charge in [0.2, 0.25) is 0 Å². The Kier molecular flexibility index (Phi) is 4.88. The van der Waals surface area contributed by atoms with Crippen LogP contribution in [0.2, 0.25) is 10.0 Å². The third kappa shape index (κ3) is 4.17. The lowest BCUT2D eigenvalue weighted by atomic mass is 9.76. The van der Waals surface area contributed by atoms with Gasteiger partial charge in [-0.15, -0.1) is 0 Å². The van der Waals surface area contributed by atoms with E-state index < -0.39 is 0 Å². The van der Waals surface area contributed by atoms with Crippen molar-refractivity contribution in [3.8, 4) is 0 Å². The predicted molar refractivity (Wildman–Crippen MR) is 77.2 cm³/mol. The van der Waals surface area contributed by atoms with Crippen LogP contribution in [0.3, 0.4) is 0 Å². The first-order valence-corrected chi connectivity index (χ1v) is 6.57. The summed E-state index contributed by atoms with van der Waals surface area (Å²) >= 11 is 12.1. The van der Waals surface area contributed by atoms with Crippen LogP contribution < -0.4 is 0 Å². The maximum Gasteiger partial charge on any atom is 0.0595 e. The van der Waals surface area contributed by atoms with E-state index in [0.29, 0.717) is 16.0 Å². The van der Waals surface area contributed by atoms with E-state index >= 15 is 0 Å². The summed E-state index contributed by atoms with van der Waals surface area (Å²) in [5.41, 5.74) is 1.45. The van der Waals surface area contributed by atoms with E-state index in [-0.39, 0.29) is 5.41 Å². The van der Waals surface area contributed by atoms with Crippen LogP contribution in [0, 0.1) is 5.41 Å². The summed E-state index contributed by atoms with van der Waals surface area (Å²) in [7, 11) is 4.19. The van der Waals surface area contributed by atoms with Crippen LogP contribution in [-0.2, 0) is 0 Å². The molecular weight excluding hydrogens is 253 g/mol.